The molecule has 1 heterocycles. The Morgan fingerprint density at radius 3 is 2.70 bits per heavy atom. The summed E-state index contributed by atoms with van der Waals surface area (Å²) in [5, 5.41) is 22.9. The third-order valence-electron chi connectivity index (χ3n) is 3.51. The first kappa shape index (κ1) is 20.0. The maximum Gasteiger partial charge on any atom is 0.408 e. The van der Waals surface area contributed by atoms with E-state index in [-0.39, 0.29) is 25.3 Å². The molecule has 1 unspecified atom stereocenters. The van der Waals surface area contributed by atoms with Crippen molar-refractivity contribution in [2.24, 2.45) is 0 Å². The Balaban J connectivity index is 1.85. The van der Waals surface area contributed by atoms with Crippen LogP contribution in [0, 0.1) is 0 Å². The highest BCUT2D eigenvalue weighted by atomic mass is 16.5. The second-order valence-corrected chi connectivity index (χ2v) is 5.42. The summed E-state index contributed by atoms with van der Waals surface area (Å²) in [7, 11) is 1.31. The van der Waals surface area contributed by atoms with E-state index in [1.54, 1.807) is 24.3 Å². The smallest absolute Gasteiger partial charge is 0.408 e. The monoisotopic (exact) mass is 377 g/mol. The number of benzene rings is 1. The Hall–Kier alpha value is -3.34. The number of aldehydes is 1. The number of aromatic nitrogens is 4. The number of methoxy groups -OCH3 is 1. The molecule has 0 aliphatic carbocycles. The van der Waals surface area contributed by atoms with Gasteiger partial charge >= 0.3 is 12.1 Å². The van der Waals surface area contributed by atoms with E-state index in [0.717, 1.165) is 10.4 Å². The van der Waals surface area contributed by atoms with E-state index < -0.39 is 24.3 Å². The zero-order valence-electron chi connectivity index (χ0n) is 14.5. The van der Waals surface area contributed by atoms with E-state index >= 15 is 0 Å². The fourth-order valence-corrected chi connectivity index (χ4v) is 2.11. The summed E-state index contributed by atoms with van der Waals surface area (Å²) in [5.41, 5.74) is 0.781. The maximum atomic E-state index is 11.8. The molecule has 11 nitrogen and oxygen atoms in total. The molecule has 0 radical (unpaired) electrons. The van der Waals surface area contributed by atoms with Crippen LogP contribution in [0.3, 0.4) is 0 Å². The third kappa shape index (κ3) is 6.15. The number of carbonyl (C=O) groups excluding carboxylic acids is 2. The number of carboxylic acid groups (broad SMARTS) is 1. The molecular formula is C16H19N5O6. The van der Waals surface area contributed by atoms with Crippen molar-refractivity contribution in [3.63, 3.8) is 0 Å². The summed E-state index contributed by atoms with van der Waals surface area (Å²) in [6.07, 6.45) is -1.22. The summed E-state index contributed by atoms with van der Waals surface area (Å²) in [6.45, 7) is 0.0268. The Morgan fingerprint density at radius 1 is 1.33 bits per heavy atom. The molecule has 144 valence electrons. The van der Waals surface area contributed by atoms with Crippen LogP contribution in [-0.2, 0) is 32.1 Å². The van der Waals surface area contributed by atoms with Gasteiger partial charge in [0.2, 0.25) is 6.23 Å². The summed E-state index contributed by atoms with van der Waals surface area (Å²) < 4.78 is 9.85. The number of hydrogen-bond donors (Lipinski definition) is 2. The summed E-state index contributed by atoms with van der Waals surface area (Å²) in [4.78, 5) is 34.9. The maximum absolute atomic E-state index is 11.8. The number of alkyl carbamates (subject to hydrolysis) is 1. The van der Waals surface area contributed by atoms with Gasteiger partial charge in [-0.05, 0) is 17.2 Å². The number of aryl methyl sites for hydroxylation is 1. The number of ether oxygens (including phenoxy) is 2. The van der Waals surface area contributed by atoms with Crippen molar-refractivity contribution in [3.8, 4) is 0 Å². The molecule has 0 bridgehead atoms. The summed E-state index contributed by atoms with van der Waals surface area (Å²) in [5.74, 6) is -1.01. The molecule has 2 N–H and O–H groups in total. The van der Waals surface area contributed by atoms with Crippen LogP contribution in [0.2, 0.25) is 0 Å². The molecule has 11 heteroatoms. The molecule has 0 saturated heterocycles. The first-order valence-electron chi connectivity index (χ1n) is 8.00. The lowest BCUT2D eigenvalue weighted by molar-refractivity contribution is -0.139. The average Bonchev–Trinajstić information content (AvgIpc) is 3.14. The second-order valence-electron chi connectivity index (χ2n) is 5.42. The molecular weight excluding hydrogens is 358 g/mol. The number of aliphatic carboxylic acids is 1. The van der Waals surface area contributed by atoms with Gasteiger partial charge in [0.25, 0.3) is 0 Å². The topological polar surface area (TPSA) is 146 Å². The van der Waals surface area contributed by atoms with Gasteiger partial charge in [-0.3, -0.25) is 4.79 Å². The number of carbonyl (C=O) groups is 3. The van der Waals surface area contributed by atoms with Crippen LogP contribution >= 0.6 is 0 Å². The van der Waals surface area contributed by atoms with Crippen LogP contribution < -0.4 is 5.32 Å². The fraction of sp³-hybridized carbons (Fsp3) is 0.375. The number of tetrazole rings is 1. The zero-order chi connectivity index (χ0) is 19.6. The van der Waals surface area contributed by atoms with E-state index in [1.165, 1.54) is 7.11 Å². The molecule has 2 aromatic rings. The Morgan fingerprint density at radius 2 is 2.07 bits per heavy atom. The Labute approximate surface area is 154 Å². The number of carboxylic acids is 1. The van der Waals surface area contributed by atoms with Crippen molar-refractivity contribution in [1.82, 2.24) is 25.5 Å². The van der Waals surface area contributed by atoms with Gasteiger partial charge in [-0.25, -0.2) is 9.59 Å². The van der Waals surface area contributed by atoms with Crippen molar-refractivity contribution in [1.29, 1.82) is 0 Å². The van der Waals surface area contributed by atoms with E-state index in [2.05, 4.69) is 20.7 Å². The van der Waals surface area contributed by atoms with Crippen molar-refractivity contribution in [2.75, 3.05) is 7.11 Å². The largest absolute Gasteiger partial charge is 0.480 e. The van der Waals surface area contributed by atoms with Crippen molar-refractivity contribution < 1.29 is 29.0 Å². The molecule has 2 rings (SSSR count). The van der Waals surface area contributed by atoms with Crippen LogP contribution in [-0.4, -0.2) is 56.8 Å². The predicted molar refractivity (Wildman–Crippen MR) is 89.4 cm³/mol. The lowest BCUT2D eigenvalue weighted by atomic mass is 10.1. The molecule has 0 aliphatic heterocycles. The molecule has 0 fully saturated rings. The van der Waals surface area contributed by atoms with Crippen molar-refractivity contribution in [3.05, 3.63) is 41.7 Å². The lowest BCUT2D eigenvalue weighted by Crippen LogP contribution is -2.41. The lowest BCUT2D eigenvalue weighted by Gasteiger charge is -2.13. The normalized spacial score (nSPS) is 12.8. The van der Waals surface area contributed by atoms with Gasteiger partial charge in [0.15, 0.2) is 12.1 Å². The van der Waals surface area contributed by atoms with Gasteiger partial charge in [0, 0.05) is 13.5 Å². The number of amides is 1. The van der Waals surface area contributed by atoms with Gasteiger partial charge in [-0.1, -0.05) is 30.3 Å². The van der Waals surface area contributed by atoms with Crippen LogP contribution in [0.25, 0.3) is 0 Å². The molecule has 27 heavy (non-hydrogen) atoms. The quantitative estimate of drug-likeness (QED) is 0.559. The van der Waals surface area contributed by atoms with Gasteiger partial charge in [-0.2, -0.15) is 0 Å². The van der Waals surface area contributed by atoms with E-state index in [1.807, 2.05) is 6.07 Å². The van der Waals surface area contributed by atoms with Gasteiger partial charge < -0.3 is 19.9 Å². The SMILES string of the molecule is COC(C=O)n1nnc(CC[C@H](NC(=O)OCc2ccccc2)C(=O)O)n1. The first-order valence-corrected chi connectivity index (χ1v) is 8.00. The zero-order valence-corrected chi connectivity index (χ0v) is 14.5. The molecule has 0 aliphatic rings. The number of nitrogens with one attached hydrogen (secondary N) is 1. The van der Waals surface area contributed by atoms with Gasteiger partial charge in [0.05, 0.1) is 0 Å². The predicted octanol–water partition coefficient (Wildman–Crippen LogP) is 0.329. The van der Waals surface area contributed by atoms with Crippen molar-refractivity contribution in [2.45, 2.75) is 31.7 Å². The molecule has 0 saturated carbocycles. The fourth-order valence-electron chi connectivity index (χ4n) is 2.11. The van der Waals surface area contributed by atoms with Crippen LogP contribution in [0.5, 0.6) is 0 Å². The first-order chi connectivity index (χ1) is 13.0. The van der Waals surface area contributed by atoms with Crippen molar-refractivity contribution >= 4 is 18.3 Å². The van der Waals surface area contributed by atoms with E-state index in [9.17, 15) is 19.5 Å². The van der Waals surface area contributed by atoms with Gasteiger partial charge in [-0.15, -0.1) is 15.0 Å². The molecule has 1 amide bonds. The number of hydrogen-bond acceptors (Lipinski definition) is 8. The number of rotatable bonds is 10. The molecule has 1 aromatic heterocycles. The van der Waals surface area contributed by atoms with Gasteiger partial charge in [0.1, 0.15) is 12.6 Å². The Kier molecular flexibility index (Phi) is 7.37. The minimum absolute atomic E-state index is 0.0141. The van der Waals surface area contributed by atoms with Crippen LogP contribution in [0.15, 0.2) is 30.3 Å². The van der Waals surface area contributed by atoms with Crippen LogP contribution in [0.4, 0.5) is 4.79 Å². The summed E-state index contributed by atoms with van der Waals surface area (Å²) >= 11 is 0. The highest BCUT2D eigenvalue weighted by Gasteiger charge is 2.22. The van der Waals surface area contributed by atoms with Crippen LogP contribution in [0.1, 0.15) is 24.0 Å². The van der Waals surface area contributed by atoms with E-state index in [4.69, 9.17) is 9.47 Å². The minimum Gasteiger partial charge on any atom is -0.480 e. The highest BCUT2D eigenvalue weighted by Crippen LogP contribution is 2.05. The molecule has 2 atom stereocenters. The highest BCUT2D eigenvalue weighted by molar-refractivity contribution is 5.79. The molecule has 0 spiro atoms. The standard InChI is InChI=1S/C16H19N5O6/c1-26-14(9-22)21-19-13(18-20-21)8-7-12(15(23)24)17-16(25)27-10-11-5-3-2-4-6-11/h2-6,9,12,14H,7-8,10H2,1H3,(H,17,25)(H,23,24)/t12-,14?/m0/s1. The third-order valence-corrected chi connectivity index (χ3v) is 3.51. The average molecular weight is 377 g/mol. The minimum atomic E-state index is -1.22. The van der Waals surface area contributed by atoms with E-state index in [0.29, 0.717) is 6.29 Å². The number of nitrogens with zero attached hydrogens (tertiary/aromatic N) is 4. The second kappa shape index (κ2) is 9.97. The molecule has 1 aromatic carbocycles. The Bertz CT molecular complexity index is 766. The summed E-state index contributed by atoms with van der Waals surface area (Å²) in [6, 6.07) is 7.81.